The van der Waals surface area contributed by atoms with Crippen LogP contribution >= 0.6 is 0 Å². The lowest BCUT2D eigenvalue weighted by atomic mass is 10.1. The van der Waals surface area contributed by atoms with Crippen molar-refractivity contribution < 1.29 is 23.7 Å². The lowest BCUT2D eigenvalue weighted by Crippen LogP contribution is -2.48. The Kier molecular flexibility index (Phi) is 7.83. The van der Waals surface area contributed by atoms with Crippen molar-refractivity contribution in [2.24, 2.45) is 0 Å². The number of nitrogens with zero attached hydrogens (tertiary/aromatic N) is 2. The topological polar surface area (TPSA) is 72.5 Å². The maximum Gasteiger partial charge on any atom is 0.251 e. The van der Waals surface area contributed by atoms with Crippen LogP contribution in [0.25, 0.3) is 0 Å². The number of rotatable bonds is 9. The van der Waals surface area contributed by atoms with Crippen molar-refractivity contribution in [1.29, 1.82) is 0 Å². The minimum atomic E-state index is -0.174. The lowest BCUT2D eigenvalue weighted by molar-refractivity contribution is 0.0947. The Morgan fingerprint density at radius 2 is 1.48 bits per heavy atom. The van der Waals surface area contributed by atoms with Crippen molar-refractivity contribution in [3.05, 3.63) is 42.0 Å². The molecule has 1 heterocycles. The summed E-state index contributed by atoms with van der Waals surface area (Å²) in [6.45, 7) is 5.04. The molecule has 1 amide bonds. The molecule has 0 aliphatic carbocycles. The normalized spacial score (nSPS) is 14.1. The number of anilines is 1. The Morgan fingerprint density at radius 3 is 2.06 bits per heavy atom. The average Bonchev–Trinajstić information content (AvgIpc) is 2.83. The van der Waals surface area contributed by atoms with E-state index < -0.39 is 0 Å². The third-order valence-electron chi connectivity index (χ3n) is 5.44. The number of amides is 1. The number of piperazine rings is 1. The molecule has 0 saturated carbocycles. The zero-order valence-corrected chi connectivity index (χ0v) is 18.6. The molecule has 0 atom stereocenters. The van der Waals surface area contributed by atoms with Crippen LogP contribution in [-0.2, 0) is 0 Å². The first-order valence-electron chi connectivity index (χ1n) is 10.3. The second-order valence-corrected chi connectivity index (χ2v) is 7.17. The predicted molar refractivity (Wildman–Crippen MR) is 120 cm³/mol. The summed E-state index contributed by atoms with van der Waals surface area (Å²) in [6, 6.07) is 11.4. The molecule has 0 radical (unpaired) electrons. The highest BCUT2D eigenvalue weighted by Crippen LogP contribution is 2.38. The maximum atomic E-state index is 12.6. The fraction of sp³-hybridized carbons (Fsp3) is 0.435. The van der Waals surface area contributed by atoms with Gasteiger partial charge in [-0.2, -0.15) is 0 Å². The lowest BCUT2D eigenvalue weighted by Gasteiger charge is -2.36. The maximum absolute atomic E-state index is 12.6. The molecule has 2 aromatic rings. The van der Waals surface area contributed by atoms with Gasteiger partial charge in [-0.25, -0.2) is 0 Å². The molecule has 8 nitrogen and oxygen atoms in total. The van der Waals surface area contributed by atoms with E-state index in [9.17, 15) is 4.79 Å². The van der Waals surface area contributed by atoms with Gasteiger partial charge >= 0.3 is 0 Å². The molecule has 1 N–H and O–H groups in total. The van der Waals surface area contributed by atoms with Crippen LogP contribution in [0, 0.1) is 0 Å². The highest BCUT2D eigenvalue weighted by molar-refractivity contribution is 5.95. The molecule has 1 aliphatic rings. The molecule has 0 bridgehead atoms. The quantitative estimate of drug-likeness (QED) is 0.656. The summed E-state index contributed by atoms with van der Waals surface area (Å²) in [7, 11) is 6.30. The molecular weight excluding hydrogens is 398 g/mol. The van der Waals surface area contributed by atoms with Crippen LogP contribution < -0.4 is 29.2 Å². The van der Waals surface area contributed by atoms with E-state index in [-0.39, 0.29) is 5.91 Å². The molecule has 1 fully saturated rings. The molecule has 0 aromatic heterocycles. The second kappa shape index (κ2) is 10.8. The summed E-state index contributed by atoms with van der Waals surface area (Å²) in [5.74, 6) is 2.11. The Hall–Kier alpha value is -3.13. The van der Waals surface area contributed by atoms with Gasteiger partial charge in [0.2, 0.25) is 5.75 Å². The second-order valence-electron chi connectivity index (χ2n) is 7.17. The van der Waals surface area contributed by atoms with Gasteiger partial charge in [-0.1, -0.05) is 12.1 Å². The number of hydrogen-bond donors (Lipinski definition) is 1. The number of methoxy groups -OCH3 is 4. The smallest absolute Gasteiger partial charge is 0.251 e. The molecule has 0 spiro atoms. The number of carbonyl (C=O) groups excluding carboxylic acids is 1. The summed E-state index contributed by atoms with van der Waals surface area (Å²) in [5.41, 5.74) is 1.59. The van der Waals surface area contributed by atoms with Crippen molar-refractivity contribution in [1.82, 2.24) is 10.2 Å². The van der Waals surface area contributed by atoms with Crippen molar-refractivity contribution in [3.8, 4) is 23.0 Å². The summed E-state index contributed by atoms with van der Waals surface area (Å²) >= 11 is 0. The van der Waals surface area contributed by atoms with E-state index in [0.717, 1.165) is 44.2 Å². The monoisotopic (exact) mass is 429 g/mol. The van der Waals surface area contributed by atoms with E-state index in [4.69, 9.17) is 18.9 Å². The molecule has 8 heteroatoms. The fourth-order valence-corrected chi connectivity index (χ4v) is 3.75. The standard InChI is InChI=1S/C23H31N3O5/c1-28-19-8-6-5-7-18(19)26-13-11-25(12-14-26)10-9-24-23(27)17-15-20(29-2)22(31-4)21(16-17)30-3/h5-8,15-16H,9-14H2,1-4H3,(H,24,27). The molecule has 1 aliphatic heterocycles. The number of ether oxygens (including phenoxy) is 4. The third kappa shape index (κ3) is 5.32. The van der Waals surface area contributed by atoms with Gasteiger partial charge in [-0.15, -0.1) is 0 Å². The Morgan fingerprint density at radius 1 is 0.871 bits per heavy atom. The van der Waals surface area contributed by atoms with E-state index in [1.54, 1.807) is 19.2 Å². The Labute approximate surface area is 183 Å². The van der Waals surface area contributed by atoms with E-state index >= 15 is 0 Å². The van der Waals surface area contributed by atoms with Crippen LogP contribution in [0.3, 0.4) is 0 Å². The molecular formula is C23H31N3O5. The van der Waals surface area contributed by atoms with Gasteiger partial charge in [0.05, 0.1) is 34.1 Å². The average molecular weight is 430 g/mol. The van der Waals surface area contributed by atoms with Gasteiger partial charge in [-0.05, 0) is 24.3 Å². The van der Waals surface area contributed by atoms with Crippen LogP contribution in [0.15, 0.2) is 36.4 Å². The molecule has 0 unspecified atom stereocenters. The van der Waals surface area contributed by atoms with Crippen molar-refractivity contribution in [2.45, 2.75) is 0 Å². The summed E-state index contributed by atoms with van der Waals surface area (Å²) in [5, 5.41) is 2.98. The SMILES string of the molecule is COc1ccccc1N1CCN(CCNC(=O)c2cc(OC)c(OC)c(OC)c2)CC1. The van der Waals surface area contributed by atoms with E-state index in [0.29, 0.717) is 29.4 Å². The number of nitrogens with one attached hydrogen (secondary N) is 1. The highest BCUT2D eigenvalue weighted by Gasteiger charge is 2.20. The van der Waals surface area contributed by atoms with Crippen molar-refractivity contribution >= 4 is 11.6 Å². The first kappa shape index (κ1) is 22.6. The Balaban J connectivity index is 1.51. The number of benzene rings is 2. The van der Waals surface area contributed by atoms with Crippen LogP contribution in [-0.4, -0.2) is 78.5 Å². The molecule has 31 heavy (non-hydrogen) atoms. The van der Waals surface area contributed by atoms with Crippen LogP contribution in [0.1, 0.15) is 10.4 Å². The Bertz CT molecular complexity index is 856. The number of para-hydroxylation sites is 2. The van der Waals surface area contributed by atoms with Crippen LogP contribution in [0.2, 0.25) is 0 Å². The first-order valence-corrected chi connectivity index (χ1v) is 10.3. The number of carbonyl (C=O) groups is 1. The van der Waals surface area contributed by atoms with Gasteiger partial charge in [0.1, 0.15) is 5.75 Å². The molecule has 2 aromatic carbocycles. The zero-order chi connectivity index (χ0) is 22.2. The fourth-order valence-electron chi connectivity index (χ4n) is 3.75. The largest absolute Gasteiger partial charge is 0.495 e. The van der Waals surface area contributed by atoms with Crippen molar-refractivity contribution in [3.63, 3.8) is 0 Å². The van der Waals surface area contributed by atoms with Crippen LogP contribution in [0.4, 0.5) is 5.69 Å². The molecule has 3 rings (SSSR count). The minimum absolute atomic E-state index is 0.174. The van der Waals surface area contributed by atoms with Gasteiger partial charge in [0, 0.05) is 44.8 Å². The van der Waals surface area contributed by atoms with E-state index in [2.05, 4.69) is 21.2 Å². The highest BCUT2D eigenvalue weighted by atomic mass is 16.5. The third-order valence-corrected chi connectivity index (χ3v) is 5.44. The minimum Gasteiger partial charge on any atom is -0.495 e. The van der Waals surface area contributed by atoms with Gasteiger partial charge < -0.3 is 29.2 Å². The first-order chi connectivity index (χ1) is 15.1. The van der Waals surface area contributed by atoms with Gasteiger partial charge in [0.15, 0.2) is 11.5 Å². The van der Waals surface area contributed by atoms with Gasteiger partial charge in [-0.3, -0.25) is 9.69 Å². The predicted octanol–water partition coefficient (Wildman–Crippen LogP) is 2.27. The summed E-state index contributed by atoms with van der Waals surface area (Å²) in [4.78, 5) is 17.3. The van der Waals surface area contributed by atoms with Crippen LogP contribution in [0.5, 0.6) is 23.0 Å². The summed E-state index contributed by atoms with van der Waals surface area (Å²) < 4.78 is 21.4. The zero-order valence-electron chi connectivity index (χ0n) is 18.6. The molecule has 168 valence electrons. The van der Waals surface area contributed by atoms with E-state index in [1.165, 1.54) is 21.3 Å². The van der Waals surface area contributed by atoms with Gasteiger partial charge in [0.25, 0.3) is 5.91 Å². The van der Waals surface area contributed by atoms with E-state index in [1.807, 2.05) is 18.2 Å². The number of hydrogen-bond acceptors (Lipinski definition) is 7. The molecule has 1 saturated heterocycles. The van der Waals surface area contributed by atoms with Crippen molar-refractivity contribution in [2.75, 3.05) is 72.6 Å². The summed E-state index contributed by atoms with van der Waals surface area (Å²) in [6.07, 6.45) is 0.